The zero-order valence-corrected chi connectivity index (χ0v) is 13.0. The van der Waals surface area contributed by atoms with E-state index in [1.165, 1.54) is 6.20 Å². The van der Waals surface area contributed by atoms with Gasteiger partial charge in [0.05, 0.1) is 30.3 Å². The van der Waals surface area contributed by atoms with Crippen LogP contribution in [-0.2, 0) is 0 Å². The van der Waals surface area contributed by atoms with Gasteiger partial charge in [-0.05, 0) is 25.5 Å². The molecule has 0 radical (unpaired) electrons. The molecule has 7 heteroatoms. The van der Waals surface area contributed by atoms with Crippen LogP contribution in [0.5, 0.6) is 0 Å². The molecular formula is C16H18F2N4O. The van der Waals surface area contributed by atoms with E-state index in [9.17, 15) is 13.6 Å². The first-order valence-corrected chi connectivity index (χ1v) is 7.40. The number of nitrogens with one attached hydrogen (secondary N) is 1. The topological polar surface area (TPSA) is 50.2 Å². The minimum Gasteiger partial charge on any atom is -0.318 e. The first-order valence-electron chi connectivity index (χ1n) is 7.40. The van der Waals surface area contributed by atoms with Gasteiger partial charge in [0.25, 0.3) is 5.92 Å². The molecule has 1 aliphatic heterocycles. The standard InChI is InChI=1S/C16H18F2N4O/c1-11-3-4-14(12(2)7-11)22-9-13(8-19-22)20-15(23)21-6-5-16(17,18)10-21/h3-4,7-9H,5-6,10H2,1-2H3,(H,20,23). The fourth-order valence-electron chi connectivity index (χ4n) is 2.69. The van der Waals surface area contributed by atoms with Crippen LogP contribution in [0.3, 0.4) is 0 Å². The third kappa shape index (κ3) is 3.33. The number of rotatable bonds is 2. The average molecular weight is 320 g/mol. The molecule has 1 aliphatic rings. The number of carbonyl (C=O) groups excluding carboxylic acids is 1. The average Bonchev–Trinajstić information content (AvgIpc) is 3.05. The lowest BCUT2D eigenvalue weighted by molar-refractivity contribution is 0.0159. The summed E-state index contributed by atoms with van der Waals surface area (Å²) >= 11 is 0. The number of carbonyl (C=O) groups is 1. The molecule has 1 N–H and O–H groups in total. The zero-order valence-electron chi connectivity index (χ0n) is 13.0. The number of hydrogen-bond donors (Lipinski definition) is 1. The highest BCUT2D eigenvalue weighted by Gasteiger charge is 2.40. The summed E-state index contributed by atoms with van der Waals surface area (Å²) in [5.41, 5.74) is 3.60. The molecule has 5 nitrogen and oxygen atoms in total. The highest BCUT2D eigenvalue weighted by atomic mass is 19.3. The van der Waals surface area contributed by atoms with Crippen molar-refractivity contribution in [2.45, 2.75) is 26.2 Å². The number of likely N-dealkylation sites (tertiary alicyclic amines) is 1. The monoisotopic (exact) mass is 320 g/mol. The van der Waals surface area contributed by atoms with E-state index in [1.54, 1.807) is 10.9 Å². The predicted octanol–water partition coefficient (Wildman–Crippen LogP) is 3.36. The maximum absolute atomic E-state index is 13.2. The first-order chi connectivity index (χ1) is 10.8. The molecule has 1 aromatic heterocycles. The number of urea groups is 1. The Morgan fingerprint density at radius 3 is 2.78 bits per heavy atom. The van der Waals surface area contributed by atoms with Crippen LogP contribution < -0.4 is 5.32 Å². The fraction of sp³-hybridized carbons (Fsp3) is 0.375. The number of alkyl halides is 2. The summed E-state index contributed by atoms with van der Waals surface area (Å²) in [5.74, 6) is -2.79. The van der Waals surface area contributed by atoms with Gasteiger partial charge in [0.1, 0.15) is 0 Å². The van der Waals surface area contributed by atoms with Gasteiger partial charge in [-0.25, -0.2) is 18.3 Å². The normalized spacial score (nSPS) is 16.6. The molecule has 1 fully saturated rings. The highest BCUT2D eigenvalue weighted by molar-refractivity contribution is 5.89. The van der Waals surface area contributed by atoms with Gasteiger partial charge in [0, 0.05) is 13.0 Å². The third-order valence-corrected chi connectivity index (χ3v) is 3.89. The van der Waals surface area contributed by atoms with Crippen molar-refractivity contribution in [3.05, 3.63) is 41.7 Å². The fourth-order valence-corrected chi connectivity index (χ4v) is 2.69. The number of benzene rings is 1. The second kappa shape index (κ2) is 5.64. The Morgan fingerprint density at radius 1 is 1.35 bits per heavy atom. The molecule has 122 valence electrons. The molecule has 2 aromatic rings. The molecule has 3 rings (SSSR count). The third-order valence-electron chi connectivity index (χ3n) is 3.89. The van der Waals surface area contributed by atoms with Crippen LogP contribution in [0.15, 0.2) is 30.6 Å². The van der Waals surface area contributed by atoms with E-state index in [0.717, 1.165) is 21.7 Å². The Bertz CT molecular complexity index is 741. The van der Waals surface area contributed by atoms with E-state index >= 15 is 0 Å². The van der Waals surface area contributed by atoms with Crippen molar-refractivity contribution in [2.75, 3.05) is 18.4 Å². The summed E-state index contributed by atoms with van der Waals surface area (Å²) < 4.78 is 28.0. The van der Waals surface area contributed by atoms with E-state index in [2.05, 4.69) is 10.4 Å². The molecular weight excluding hydrogens is 302 g/mol. The van der Waals surface area contributed by atoms with Crippen molar-refractivity contribution in [1.82, 2.24) is 14.7 Å². The van der Waals surface area contributed by atoms with Crippen LogP contribution >= 0.6 is 0 Å². The minimum atomic E-state index is -2.79. The first kappa shape index (κ1) is 15.5. The van der Waals surface area contributed by atoms with Crippen molar-refractivity contribution in [2.24, 2.45) is 0 Å². The smallest absolute Gasteiger partial charge is 0.318 e. The number of amides is 2. The van der Waals surface area contributed by atoms with Gasteiger partial charge in [-0.1, -0.05) is 17.7 Å². The van der Waals surface area contributed by atoms with E-state index in [1.807, 2.05) is 32.0 Å². The van der Waals surface area contributed by atoms with Gasteiger partial charge in [-0.15, -0.1) is 0 Å². The van der Waals surface area contributed by atoms with Gasteiger partial charge in [0.15, 0.2) is 0 Å². The van der Waals surface area contributed by atoms with Gasteiger partial charge in [-0.2, -0.15) is 5.10 Å². The van der Waals surface area contributed by atoms with Gasteiger partial charge in [-0.3, -0.25) is 0 Å². The Morgan fingerprint density at radius 2 is 2.13 bits per heavy atom. The lowest BCUT2D eigenvalue weighted by Gasteiger charge is -2.16. The quantitative estimate of drug-likeness (QED) is 0.922. The summed E-state index contributed by atoms with van der Waals surface area (Å²) in [6.45, 7) is 3.51. The van der Waals surface area contributed by atoms with Gasteiger partial charge in [0.2, 0.25) is 0 Å². The summed E-state index contributed by atoms with van der Waals surface area (Å²) in [4.78, 5) is 13.1. The van der Waals surface area contributed by atoms with Crippen molar-refractivity contribution in [1.29, 1.82) is 0 Å². The number of anilines is 1. The second-order valence-electron chi connectivity index (χ2n) is 5.92. The lowest BCUT2D eigenvalue weighted by Crippen LogP contribution is -2.34. The maximum atomic E-state index is 13.2. The molecule has 0 atom stereocenters. The molecule has 1 aromatic carbocycles. The largest absolute Gasteiger partial charge is 0.322 e. The Kier molecular flexibility index (Phi) is 3.79. The number of hydrogen-bond acceptors (Lipinski definition) is 2. The number of aryl methyl sites for hydroxylation is 2. The summed E-state index contributed by atoms with van der Waals surface area (Å²) in [6.07, 6.45) is 2.89. The van der Waals surface area contributed by atoms with Crippen molar-refractivity contribution in [3.63, 3.8) is 0 Å². The molecule has 2 amide bonds. The number of aromatic nitrogens is 2. The van der Waals surface area contributed by atoms with E-state index in [0.29, 0.717) is 5.69 Å². The van der Waals surface area contributed by atoms with Crippen LogP contribution in [0.1, 0.15) is 17.5 Å². The maximum Gasteiger partial charge on any atom is 0.322 e. The van der Waals surface area contributed by atoms with E-state index in [-0.39, 0.29) is 13.0 Å². The molecule has 1 saturated heterocycles. The highest BCUT2D eigenvalue weighted by Crippen LogP contribution is 2.27. The van der Waals surface area contributed by atoms with E-state index in [4.69, 9.17) is 0 Å². The minimum absolute atomic E-state index is 0.0596. The van der Waals surface area contributed by atoms with Crippen LogP contribution in [0.2, 0.25) is 0 Å². The SMILES string of the molecule is Cc1ccc(-n2cc(NC(=O)N3CCC(F)(F)C3)cn2)c(C)c1. The van der Waals surface area contributed by atoms with Crippen LogP contribution in [0, 0.1) is 13.8 Å². The van der Waals surface area contributed by atoms with Crippen molar-refractivity contribution >= 4 is 11.7 Å². The van der Waals surface area contributed by atoms with Crippen molar-refractivity contribution < 1.29 is 13.6 Å². The van der Waals surface area contributed by atoms with Gasteiger partial charge >= 0.3 is 6.03 Å². The molecule has 0 unspecified atom stereocenters. The van der Waals surface area contributed by atoms with Crippen LogP contribution in [0.25, 0.3) is 5.69 Å². The summed E-state index contributed by atoms with van der Waals surface area (Å²) in [5, 5.41) is 6.83. The molecule has 0 aliphatic carbocycles. The molecule has 0 bridgehead atoms. The number of halogens is 2. The Labute approximate surface area is 132 Å². The Balaban J connectivity index is 1.71. The van der Waals surface area contributed by atoms with Crippen molar-refractivity contribution in [3.8, 4) is 5.69 Å². The molecule has 0 saturated carbocycles. The van der Waals surface area contributed by atoms with Crippen LogP contribution in [0.4, 0.5) is 19.3 Å². The van der Waals surface area contributed by atoms with Crippen LogP contribution in [-0.4, -0.2) is 39.7 Å². The lowest BCUT2D eigenvalue weighted by atomic mass is 10.1. The summed E-state index contributed by atoms with van der Waals surface area (Å²) in [7, 11) is 0. The molecule has 23 heavy (non-hydrogen) atoms. The second-order valence-corrected chi connectivity index (χ2v) is 5.92. The Hall–Kier alpha value is -2.44. The van der Waals surface area contributed by atoms with Gasteiger partial charge < -0.3 is 10.2 Å². The molecule has 0 spiro atoms. The van der Waals surface area contributed by atoms with E-state index < -0.39 is 18.5 Å². The molecule has 2 heterocycles. The zero-order chi connectivity index (χ0) is 16.6. The number of nitrogens with zero attached hydrogens (tertiary/aromatic N) is 3. The summed E-state index contributed by atoms with van der Waals surface area (Å²) in [6, 6.07) is 5.45. The predicted molar refractivity (Wildman–Crippen MR) is 83.2 cm³/mol.